The largest absolute Gasteiger partial charge is 0.388 e. The molecular weight excluding hydrogens is 170 g/mol. The number of aliphatic hydroxyl groups excluding tert-OH is 1. The molecule has 1 atom stereocenters. The van der Waals surface area contributed by atoms with Crippen molar-refractivity contribution in [3.05, 3.63) is 15.6 Å². The van der Waals surface area contributed by atoms with Crippen LogP contribution in [0.4, 0.5) is 0 Å². The molecule has 1 rings (SSSR count). The van der Waals surface area contributed by atoms with Crippen LogP contribution in [-0.4, -0.2) is 10.1 Å². The molecule has 0 bridgehead atoms. The fraction of sp³-hybridized carbons (Fsp3) is 0.667. The van der Waals surface area contributed by atoms with E-state index in [0.29, 0.717) is 5.92 Å². The molecule has 12 heavy (non-hydrogen) atoms. The Bertz CT molecular complexity index is 265. The van der Waals surface area contributed by atoms with Crippen LogP contribution < -0.4 is 0 Å². The molecule has 0 unspecified atom stereocenters. The van der Waals surface area contributed by atoms with Crippen molar-refractivity contribution in [3.8, 4) is 0 Å². The van der Waals surface area contributed by atoms with Crippen LogP contribution >= 0.6 is 11.3 Å². The predicted octanol–water partition coefficient (Wildman–Crippen LogP) is 2.63. The lowest BCUT2D eigenvalue weighted by molar-refractivity contribution is 0.202. The maximum Gasteiger partial charge on any atom is 0.0957 e. The Hall–Kier alpha value is -0.410. The molecule has 0 fully saturated rings. The number of aryl methyl sites for hydroxylation is 1. The molecule has 2 nitrogen and oxygen atoms in total. The summed E-state index contributed by atoms with van der Waals surface area (Å²) in [5, 5.41) is 10.5. The van der Waals surface area contributed by atoms with E-state index in [-0.39, 0.29) is 6.10 Å². The third-order valence-corrected chi connectivity index (χ3v) is 3.35. The zero-order valence-corrected chi connectivity index (χ0v) is 8.77. The Labute approximate surface area is 77.3 Å². The van der Waals surface area contributed by atoms with Crippen LogP contribution in [0, 0.1) is 6.92 Å². The van der Waals surface area contributed by atoms with Crippen molar-refractivity contribution in [2.75, 3.05) is 0 Å². The van der Waals surface area contributed by atoms with Crippen molar-refractivity contribution in [1.82, 2.24) is 4.98 Å². The molecule has 1 heterocycles. The van der Waals surface area contributed by atoms with E-state index in [1.807, 2.05) is 6.92 Å². The lowest BCUT2D eigenvalue weighted by atomic mass is 10.2. The molecule has 0 radical (unpaired) electrons. The Kier molecular flexibility index (Phi) is 2.85. The summed E-state index contributed by atoms with van der Waals surface area (Å²) in [6.45, 7) is 7.96. The molecule has 0 aromatic carbocycles. The summed E-state index contributed by atoms with van der Waals surface area (Å²) >= 11 is 1.61. The van der Waals surface area contributed by atoms with Crippen LogP contribution in [0.1, 0.15) is 48.4 Å². The molecule has 0 saturated carbocycles. The molecular formula is C9H15NOS. The van der Waals surface area contributed by atoms with Gasteiger partial charge in [0.1, 0.15) is 0 Å². The van der Waals surface area contributed by atoms with Gasteiger partial charge < -0.3 is 5.11 Å². The Morgan fingerprint density at radius 3 is 2.17 bits per heavy atom. The first kappa shape index (κ1) is 9.68. The van der Waals surface area contributed by atoms with E-state index in [9.17, 15) is 5.11 Å². The normalized spacial score (nSPS) is 13.8. The highest BCUT2D eigenvalue weighted by molar-refractivity contribution is 7.11. The average molecular weight is 185 g/mol. The number of hydrogen-bond acceptors (Lipinski definition) is 3. The van der Waals surface area contributed by atoms with Gasteiger partial charge in [-0.1, -0.05) is 13.8 Å². The predicted molar refractivity (Wildman–Crippen MR) is 51.6 cm³/mol. The van der Waals surface area contributed by atoms with Crippen LogP contribution in [-0.2, 0) is 0 Å². The lowest BCUT2D eigenvalue weighted by Gasteiger charge is -1.99. The van der Waals surface area contributed by atoms with Crippen LogP contribution in [0.15, 0.2) is 0 Å². The van der Waals surface area contributed by atoms with Crippen molar-refractivity contribution in [1.29, 1.82) is 0 Å². The fourth-order valence-electron chi connectivity index (χ4n) is 1.06. The van der Waals surface area contributed by atoms with Crippen molar-refractivity contribution in [2.45, 2.75) is 39.7 Å². The standard InChI is InChI=1S/C9H15NOS/c1-5(2)9-10-6(3)8(12-9)7(4)11/h5,7,11H,1-4H3/t7-/m1/s1. The average Bonchev–Trinajstić information content (AvgIpc) is 2.30. The van der Waals surface area contributed by atoms with Gasteiger partial charge in [-0.25, -0.2) is 4.98 Å². The molecule has 0 amide bonds. The summed E-state index contributed by atoms with van der Waals surface area (Å²) in [6, 6.07) is 0. The van der Waals surface area contributed by atoms with Crippen LogP contribution in [0.3, 0.4) is 0 Å². The molecule has 1 N–H and O–H groups in total. The molecule has 0 saturated heterocycles. The maximum atomic E-state index is 9.37. The number of aliphatic hydroxyl groups is 1. The topological polar surface area (TPSA) is 33.1 Å². The third-order valence-electron chi connectivity index (χ3n) is 1.72. The summed E-state index contributed by atoms with van der Waals surface area (Å²) in [4.78, 5) is 5.39. The highest BCUT2D eigenvalue weighted by Crippen LogP contribution is 2.28. The van der Waals surface area contributed by atoms with Gasteiger partial charge in [0.05, 0.1) is 21.7 Å². The van der Waals surface area contributed by atoms with Crippen LogP contribution in [0.5, 0.6) is 0 Å². The Balaban J connectivity index is 3.00. The first-order chi connectivity index (χ1) is 5.52. The molecule has 1 aromatic rings. The zero-order chi connectivity index (χ0) is 9.30. The minimum atomic E-state index is -0.380. The van der Waals surface area contributed by atoms with Crippen LogP contribution in [0.2, 0.25) is 0 Å². The Morgan fingerprint density at radius 2 is 1.92 bits per heavy atom. The number of aromatic nitrogens is 1. The highest BCUT2D eigenvalue weighted by atomic mass is 32.1. The highest BCUT2D eigenvalue weighted by Gasteiger charge is 2.13. The molecule has 0 aliphatic heterocycles. The van der Waals surface area contributed by atoms with Gasteiger partial charge in [0.15, 0.2) is 0 Å². The second kappa shape index (κ2) is 3.54. The summed E-state index contributed by atoms with van der Waals surface area (Å²) in [5.74, 6) is 0.459. The third kappa shape index (κ3) is 1.84. The van der Waals surface area contributed by atoms with Gasteiger partial charge in [-0.3, -0.25) is 0 Å². The summed E-state index contributed by atoms with van der Waals surface area (Å²) < 4.78 is 0. The van der Waals surface area contributed by atoms with E-state index in [1.165, 1.54) is 0 Å². The minimum Gasteiger partial charge on any atom is -0.388 e. The molecule has 0 aliphatic carbocycles. The SMILES string of the molecule is Cc1nc(C(C)C)sc1[C@@H](C)O. The van der Waals surface area contributed by atoms with E-state index in [2.05, 4.69) is 18.8 Å². The molecule has 1 aromatic heterocycles. The fourth-order valence-corrected chi connectivity index (χ4v) is 2.07. The summed E-state index contributed by atoms with van der Waals surface area (Å²) in [7, 11) is 0. The first-order valence-corrected chi connectivity index (χ1v) is 4.99. The summed E-state index contributed by atoms with van der Waals surface area (Å²) in [6.07, 6.45) is -0.380. The van der Waals surface area contributed by atoms with Gasteiger partial charge in [0.25, 0.3) is 0 Å². The number of hydrogen-bond donors (Lipinski definition) is 1. The monoisotopic (exact) mass is 185 g/mol. The minimum absolute atomic E-state index is 0.380. The van der Waals surface area contributed by atoms with Gasteiger partial charge in [-0.2, -0.15) is 0 Å². The molecule has 0 aliphatic rings. The van der Waals surface area contributed by atoms with Gasteiger partial charge in [-0.05, 0) is 13.8 Å². The number of nitrogens with zero attached hydrogens (tertiary/aromatic N) is 1. The van der Waals surface area contributed by atoms with Crippen molar-refractivity contribution >= 4 is 11.3 Å². The number of thiazole rings is 1. The van der Waals surface area contributed by atoms with Crippen molar-refractivity contribution < 1.29 is 5.11 Å². The molecule has 3 heteroatoms. The van der Waals surface area contributed by atoms with Gasteiger partial charge in [0, 0.05) is 5.92 Å². The van der Waals surface area contributed by atoms with Gasteiger partial charge >= 0.3 is 0 Å². The smallest absolute Gasteiger partial charge is 0.0957 e. The second-order valence-electron chi connectivity index (χ2n) is 3.33. The molecule has 68 valence electrons. The zero-order valence-electron chi connectivity index (χ0n) is 7.96. The van der Waals surface area contributed by atoms with E-state index in [1.54, 1.807) is 18.3 Å². The second-order valence-corrected chi connectivity index (χ2v) is 4.39. The van der Waals surface area contributed by atoms with Crippen LogP contribution in [0.25, 0.3) is 0 Å². The first-order valence-electron chi connectivity index (χ1n) is 4.17. The van der Waals surface area contributed by atoms with E-state index in [0.717, 1.165) is 15.6 Å². The summed E-state index contributed by atoms with van der Waals surface area (Å²) in [5.41, 5.74) is 0.971. The van der Waals surface area contributed by atoms with Crippen molar-refractivity contribution in [3.63, 3.8) is 0 Å². The number of rotatable bonds is 2. The lowest BCUT2D eigenvalue weighted by Crippen LogP contribution is -1.89. The van der Waals surface area contributed by atoms with Gasteiger partial charge in [0.2, 0.25) is 0 Å². The van der Waals surface area contributed by atoms with Gasteiger partial charge in [-0.15, -0.1) is 11.3 Å². The van der Waals surface area contributed by atoms with E-state index in [4.69, 9.17) is 0 Å². The maximum absolute atomic E-state index is 9.37. The quantitative estimate of drug-likeness (QED) is 0.768. The Morgan fingerprint density at radius 1 is 1.33 bits per heavy atom. The van der Waals surface area contributed by atoms with E-state index < -0.39 is 0 Å². The van der Waals surface area contributed by atoms with Crippen molar-refractivity contribution in [2.24, 2.45) is 0 Å². The van der Waals surface area contributed by atoms with E-state index >= 15 is 0 Å². The molecule has 0 spiro atoms.